The summed E-state index contributed by atoms with van der Waals surface area (Å²) in [5.41, 5.74) is 0. The second-order valence-corrected chi connectivity index (χ2v) is 1.80. The molecule has 50 valence electrons. The average Bonchev–Trinajstić information content (AvgIpc) is 1.90. The Hall–Kier alpha value is -0.860. The molecule has 0 saturated heterocycles. The zero-order chi connectivity index (χ0) is 6.69. The Morgan fingerprint density at radius 1 is 1.67 bits per heavy atom. The minimum absolute atomic E-state index is 0.171. The van der Waals surface area contributed by atoms with Crippen LogP contribution in [0, 0.1) is 0 Å². The van der Waals surface area contributed by atoms with Crippen LogP contribution in [0.15, 0.2) is 17.0 Å². The first-order valence-electron chi connectivity index (χ1n) is 2.78. The van der Waals surface area contributed by atoms with Crippen molar-refractivity contribution in [1.82, 2.24) is 0 Å². The van der Waals surface area contributed by atoms with E-state index in [0.29, 0.717) is 18.7 Å². The predicted molar refractivity (Wildman–Crippen MR) is 32.9 cm³/mol. The van der Waals surface area contributed by atoms with E-state index in [0.717, 1.165) is 0 Å². The van der Waals surface area contributed by atoms with Crippen molar-refractivity contribution < 1.29 is 9.13 Å². The standard InChI is InChI=1S/C6H8FNO/c1-9-6-3-2-5(7)4-8-6/h4H,2-3H2,1H3. The molecule has 0 aliphatic carbocycles. The van der Waals surface area contributed by atoms with Gasteiger partial charge in [-0.05, 0) is 0 Å². The molecule has 0 atom stereocenters. The van der Waals surface area contributed by atoms with Crippen LogP contribution in [0.2, 0.25) is 0 Å². The van der Waals surface area contributed by atoms with Crippen molar-refractivity contribution in [2.45, 2.75) is 12.8 Å². The molecule has 0 aromatic carbocycles. The third-order valence-electron chi connectivity index (χ3n) is 1.16. The Kier molecular flexibility index (Phi) is 1.82. The van der Waals surface area contributed by atoms with Crippen LogP contribution in [-0.2, 0) is 4.74 Å². The van der Waals surface area contributed by atoms with Gasteiger partial charge in [0.1, 0.15) is 5.83 Å². The van der Waals surface area contributed by atoms with E-state index in [9.17, 15) is 4.39 Å². The third kappa shape index (κ3) is 1.52. The summed E-state index contributed by atoms with van der Waals surface area (Å²) >= 11 is 0. The number of hydrogen-bond acceptors (Lipinski definition) is 2. The molecule has 1 aliphatic rings. The number of hydrogen-bond donors (Lipinski definition) is 0. The molecule has 1 heterocycles. The summed E-state index contributed by atoms with van der Waals surface area (Å²) in [5.74, 6) is 0.437. The minimum Gasteiger partial charge on any atom is -0.484 e. The van der Waals surface area contributed by atoms with Crippen LogP contribution in [0.4, 0.5) is 4.39 Å². The lowest BCUT2D eigenvalue weighted by atomic mass is 10.2. The van der Waals surface area contributed by atoms with E-state index in [1.807, 2.05) is 0 Å². The number of allylic oxidation sites excluding steroid dienone is 1. The van der Waals surface area contributed by atoms with Crippen LogP contribution in [0.1, 0.15) is 12.8 Å². The normalized spacial score (nSPS) is 18.4. The van der Waals surface area contributed by atoms with Gasteiger partial charge in [-0.2, -0.15) is 0 Å². The fourth-order valence-electron chi connectivity index (χ4n) is 0.652. The van der Waals surface area contributed by atoms with Crippen LogP contribution in [-0.4, -0.2) is 13.0 Å². The van der Waals surface area contributed by atoms with E-state index < -0.39 is 0 Å². The van der Waals surface area contributed by atoms with E-state index in [-0.39, 0.29) is 5.83 Å². The van der Waals surface area contributed by atoms with Gasteiger partial charge in [-0.1, -0.05) is 0 Å². The largest absolute Gasteiger partial charge is 0.484 e. The molecule has 0 saturated carbocycles. The fraction of sp³-hybridized carbons (Fsp3) is 0.500. The summed E-state index contributed by atoms with van der Waals surface area (Å²) in [5, 5.41) is 0. The van der Waals surface area contributed by atoms with Gasteiger partial charge in [0.2, 0.25) is 0 Å². The summed E-state index contributed by atoms with van der Waals surface area (Å²) in [6.07, 6.45) is 2.20. The summed E-state index contributed by atoms with van der Waals surface area (Å²) < 4.78 is 17.0. The Morgan fingerprint density at radius 3 is 2.89 bits per heavy atom. The number of nitrogens with zero attached hydrogens (tertiary/aromatic N) is 1. The fourth-order valence-corrected chi connectivity index (χ4v) is 0.652. The first-order valence-corrected chi connectivity index (χ1v) is 2.78. The van der Waals surface area contributed by atoms with Gasteiger partial charge in [-0.15, -0.1) is 0 Å². The molecule has 0 aromatic heterocycles. The van der Waals surface area contributed by atoms with Crippen molar-refractivity contribution in [3.8, 4) is 0 Å². The summed E-state index contributed by atoms with van der Waals surface area (Å²) in [6, 6.07) is 0. The van der Waals surface area contributed by atoms with Crippen molar-refractivity contribution in [1.29, 1.82) is 0 Å². The van der Waals surface area contributed by atoms with Crippen molar-refractivity contribution in [2.24, 2.45) is 4.99 Å². The van der Waals surface area contributed by atoms with Gasteiger partial charge in [-0.3, -0.25) is 0 Å². The monoisotopic (exact) mass is 129 g/mol. The zero-order valence-electron chi connectivity index (χ0n) is 5.22. The molecule has 0 aromatic rings. The molecule has 0 radical (unpaired) electrons. The highest BCUT2D eigenvalue weighted by Gasteiger charge is 2.05. The van der Waals surface area contributed by atoms with Gasteiger partial charge in [0.05, 0.1) is 13.3 Å². The summed E-state index contributed by atoms with van der Waals surface area (Å²) in [7, 11) is 1.54. The SMILES string of the molecule is COC1=NC=C(F)CC1. The topological polar surface area (TPSA) is 21.6 Å². The van der Waals surface area contributed by atoms with Gasteiger partial charge >= 0.3 is 0 Å². The van der Waals surface area contributed by atoms with Crippen molar-refractivity contribution >= 4 is 5.90 Å². The molecule has 0 fully saturated rings. The quantitative estimate of drug-likeness (QED) is 0.487. The lowest BCUT2D eigenvalue weighted by Crippen LogP contribution is -2.03. The molecule has 0 unspecified atom stereocenters. The van der Waals surface area contributed by atoms with Crippen LogP contribution < -0.4 is 0 Å². The van der Waals surface area contributed by atoms with Gasteiger partial charge in [0.25, 0.3) is 0 Å². The molecule has 0 bridgehead atoms. The van der Waals surface area contributed by atoms with E-state index in [1.54, 1.807) is 0 Å². The molecule has 1 aliphatic heterocycles. The second-order valence-electron chi connectivity index (χ2n) is 1.80. The lowest BCUT2D eigenvalue weighted by Gasteiger charge is -2.05. The van der Waals surface area contributed by atoms with Gasteiger partial charge in [0, 0.05) is 12.8 Å². The molecule has 9 heavy (non-hydrogen) atoms. The number of halogens is 1. The molecular weight excluding hydrogens is 121 g/mol. The lowest BCUT2D eigenvalue weighted by molar-refractivity contribution is 0.384. The molecule has 2 nitrogen and oxygen atoms in total. The third-order valence-corrected chi connectivity index (χ3v) is 1.16. The highest BCUT2D eigenvalue weighted by Crippen LogP contribution is 2.12. The van der Waals surface area contributed by atoms with E-state index in [1.165, 1.54) is 13.3 Å². The van der Waals surface area contributed by atoms with Crippen LogP contribution in [0.5, 0.6) is 0 Å². The van der Waals surface area contributed by atoms with Crippen molar-refractivity contribution in [3.05, 3.63) is 12.0 Å². The molecule has 0 N–H and O–H groups in total. The van der Waals surface area contributed by atoms with Crippen molar-refractivity contribution in [3.63, 3.8) is 0 Å². The van der Waals surface area contributed by atoms with Gasteiger partial charge in [-0.25, -0.2) is 9.38 Å². The van der Waals surface area contributed by atoms with E-state index in [2.05, 4.69) is 4.99 Å². The molecule has 1 rings (SSSR count). The first-order chi connectivity index (χ1) is 4.33. The molecule has 0 amide bonds. The smallest absolute Gasteiger partial charge is 0.188 e. The maximum Gasteiger partial charge on any atom is 0.188 e. The number of ether oxygens (including phenoxy) is 1. The molecule has 3 heteroatoms. The summed E-state index contributed by atoms with van der Waals surface area (Å²) in [6.45, 7) is 0. The van der Waals surface area contributed by atoms with Gasteiger partial charge in [0.15, 0.2) is 5.90 Å². The number of rotatable bonds is 0. The van der Waals surface area contributed by atoms with E-state index in [4.69, 9.17) is 4.74 Å². The highest BCUT2D eigenvalue weighted by atomic mass is 19.1. The maximum absolute atomic E-state index is 12.2. The van der Waals surface area contributed by atoms with Gasteiger partial charge < -0.3 is 4.74 Å². The number of aliphatic imine (C=N–C) groups is 1. The molecular formula is C6H8FNO. The van der Waals surface area contributed by atoms with Crippen LogP contribution in [0.3, 0.4) is 0 Å². The zero-order valence-corrected chi connectivity index (χ0v) is 5.22. The first kappa shape index (κ1) is 6.26. The highest BCUT2D eigenvalue weighted by molar-refractivity contribution is 5.77. The average molecular weight is 129 g/mol. The predicted octanol–water partition coefficient (Wildman–Crippen LogP) is 1.64. The summed E-state index contributed by atoms with van der Waals surface area (Å²) in [4.78, 5) is 3.69. The minimum atomic E-state index is -0.171. The maximum atomic E-state index is 12.2. The Morgan fingerprint density at radius 2 is 2.44 bits per heavy atom. The Labute approximate surface area is 53.0 Å². The second kappa shape index (κ2) is 2.62. The Balaban J connectivity index is 2.59. The molecule has 0 spiro atoms. The van der Waals surface area contributed by atoms with Crippen molar-refractivity contribution in [2.75, 3.05) is 7.11 Å². The van der Waals surface area contributed by atoms with Crippen LogP contribution >= 0.6 is 0 Å². The van der Waals surface area contributed by atoms with E-state index >= 15 is 0 Å². The van der Waals surface area contributed by atoms with Crippen LogP contribution in [0.25, 0.3) is 0 Å². The Bertz CT molecular complexity index is 162. The number of methoxy groups -OCH3 is 1.